The van der Waals surface area contributed by atoms with Gasteiger partial charge in [-0.05, 0) is 48.2 Å². The molecule has 0 heterocycles. The lowest BCUT2D eigenvalue weighted by Crippen LogP contribution is -2.33. The molecule has 0 radical (unpaired) electrons. The van der Waals surface area contributed by atoms with Crippen LogP contribution in [0.15, 0.2) is 48.5 Å². The summed E-state index contributed by atoms with van der Waals surface area (Å²) >= 11 is 0. The van der Waals surface area contributed by atoms with Gasteiger partial charge < -0.3 is 5.32 Å². The monoisotopic (exact) mass is 380 g/mol. The fraction of sp³-hybridized carbons (Fsp3) is 0.350. The number of halogens is 4. The highest BCUT2D eigenvalue weighted by molar-refractivity contribution is 5.94. The summed E-state index contributed by atoms with van der Waals surface area (Å²) in [5, 5.41) is 1.86. The van der Waals surface area contributed by atoms with Gasteiger partial charge in [0, 0.05) is 24.7 Å². The molecule has 0 bridgehead atoms. The van der Waals surface area contributed by atoms with Gasteiger partial charge in [-0.2, -0.15) is 13.2 Å². The van der Waals surface area contributed by atoms with Crippen molar-refractivity contribution in [1.29, 1.82) is 0 Å². The highest BCUT2D eigenvalue weighted by Gasteiger charge is 2.29. The van der Waals surface area contributed by atoms with Crippen LogP contribution in [0.25, 0.3) is 0 Å². The lowest BCUT2D eigenvalue weighted by atomic mass is 10.1. The normalized spacial score (nSPS) is 14.4. The summed E-state index contributed by atoms with van der Waals surface area (Å²) in [6.07, 6.45) is -2.25. The van der Waals surface area contributed by atoms with Gasteiger partial charge in [0.1, 0.15) is 12.4 Å². The minimum atomic E-state index is -4.43. The number of carbonyl (C=O) groups is 1. The second kappa shape index (κ2) is 8.08. The molecule has 1 aliphatic carbocycles. The fourth-order valence-corrected chi connectivity index (χ4v) is 2.90. The summed E-state index contributed by atoms with van der Waals surface area (Å²) in [6.45, 7) is -0.0987. The summed E-state index contributed by atoms with van der Waals surface area (Å²) in [6, 6.07) is 13.5. The molecule has 3 nitrogen and oxygen atoms in total. The fourth-order valence-electron chi connectivity index (χ4n) is 2.90. The van der Waals surface area contributed by atoms with Gasteiger partial charge in [-0.3, -0.25) is 9.69 Å². The molecular weight excluding hydrogens is 360 g/mol. The number of nitrogens with one attached hydrogen (secondary N) is 1. The van der Waals surface area contributed by atoms with Crippen LogP contribution in [0.5, 0.6) is 0 Å². The quantitative estimate of drug-likeness (QED) is 0.727. The Labute approximate surface area is 155 Å². The topological polar surface area (TPSA) is 32.3 Å². The number of amides is 1. The minimum absolute atomic E-state index is 0.186. The molecule has 7 heteroatoms. The van der Waals surface area contributed by atoms with Crippen LogP contribution < -0.4 is 5.32 Å². The van der Waals surface area contributed by atoms with Crippen LogP contribution in [0.2, 0.25) is 0 Å². The van der Waals surface area contributed by atoms with Crippen LogP contribution in [0, 0.1) is 5.82 Å². The molecule has 0 unspecified atom stereocenters. The average molecular weight is 380 g/mol. The minimum Gasteiger partial charge on any atom is -0.343 e. The second-order valence-electron chi connectivity index (χ2n) is 6.76. The smallest absolute Gasteiger partial charge is 0.343 e. The zero-order chi connectivity index (χ0) is 19.4. The summed E-state index contributed by atoms with van der Waals surface area (Å²) in [7, 11) is 0. The van der Waals surface area contributed by atoms with Crippen molar-refractivity contribution in [2.75, 3.05) is 6.54 Å². The molecule has 3 rings (SSSR count). The Morgan fingerprint density at radius 2 is 1.70 bits per heavy atom. The molecule has 1 amide bonds. The first-order valence-corrected chi connectivity index (χ1v) is 8.72. The van der Waals surface area contributed by atoms with Gasteiger partial charge >= 0.3 is 6.18 Å². The van der Waals surface area contributed by atoms with E-state index in [-0.39, 0.29) is 11.4 Å². The molecule has 27 heavy (non-hydrogen) atoms. The largest absolute Gasteiger partial charge is 0.405 e. The predicted molar refractivity (Wildman–Crippen MR) is 93.5 cm³/mol. The number of nitrogens with zero attached hydrogens (tertiary/aromatic N) is 1. The predicted octanol–water partition coefficient (Wildman–Crippen LogP) is 4.28. The van der Waals surface area contributed by atoms with Crippen molar-refractivity contribution >= 4 is 5.91 Å². The number of alkyl halides is 3. The van der Waals surface area contributed by atoms with E-state index in [4.69, 9.17) is 0 Å². The first-order valence-electron chi connectivity index (χ1n) is 8.72. The van der Waals surface area contributed by atoms with Gasteiger partial charge in [0.2, 0.25) is 0 Å². The maximum absolute atomic E-state index is 13.4. The van der Waals surface area contributed by atoms with Crippen molar-refractivity contribution in [3.63, 3.8) is 0 Å². The van der Waals surface area contributed by atoms with Crippen LogP contribution in [0.3, 0.4) is 0 Å². The molecule has 2 aromatic carbocycles. The molecule has 1 saturated carbocycles. The van der Waals surface area contributed by atoms with E-state index >= 15 is 0 Å². The third-order valence-corrected chi connectivity index (χ3v) is 4.39. The first kappa shape index (κ1) is 19.4. The van der Waals surface area contributed by atoms with Gasteiger partial charge in [-0.15, -0.1) is 0 Å². The van der Waals surface area contributed by atoms with Crippen molar-refractivity contribution in [2.45, 2.75) is 38.1 Å². The number of hydrogen-bond acceptors (Lipinski definition) is 2. The third-order valence-electron chi connectivity index (χ3n) is 4.39. The van der Waals surface area contributed by atoms with E-state index in [1.165, 1.54) is 24.3 Å². The van der Waals surface area contributed by atoms with Crippen LogP contribution in [0.4, 0.5) is 17.6 Å². The number of carbonyl (C=O) groups excluding carboxylic acids is 1. The van der Waals surface area contributed by atoms with E-state index in [9.17, 15) is 22.4 Å². The lowest BCUT2D eigenvalue weighted by Gasteiger charge is -2.22. The molecule has 144 valence electrons. The van der Waals surface area contributed by atoms with Crippen LogP contribution in [-0.2, 0) is 13.1 Å². The van der Waals surface area contributed by atoms with Gasteiger partial charge in [0.15, 0.2) is 0 Å². The van der Waals surface area contributed by atoms with Gasteiger partial charge in [0.05, 0.1) is 0 Å². The zero-order valence-electron chi connectivity index (χ0n) is 14.6. The van der Waals surface area contributed by atoms with Gasteiger partial charge in [0.25, 0.3) is 5.91 Å². The highest BCUT2D eigenvalue weighted by atomic mass is 19.4. The third kappa shape index (κ3) is 6.06. The van der Waals surface area contributed by atoms with Crippen molar-refractivity contribution in [1.82, 2.24) is 10.2 Å². The number of benzene rings is 2. The van der Waals surface area contributed by atoms with E-state index in [0.717, 1.165) is 24.0 Å². The van der Waals surface area contributed by atoms with Crippen molar-refractivity contribution < 1.29 is 22.4 Å². The summed E-state index contributed by atoms with van der Waals surface area (Å²) in [5.41, 5.74) is 2.03. The maximum Gasteiger partial charge on any atom is 0.405 e. The van der Waals surface area contributed by atoms with Crippen LogP contribution >= 0.6 is 0 Å². The van der Waals surface area contributed by atoms with E-state index in [2.05, 4.69) is 4.90 Å². The molecule has 1 aliphatic rings. The molecule has 1 N–H and O–H groups in total. The number of rotatable bonds is 7. The highest BCUT2D eigenvalue weighted by Crippen LogP contribution is 2.30. The zero-order valence-corrected chi connectivity index (χ0v) is 14.6. The Morgan fingerprint density at radius 1 is 1.04 bits per heavy atom. The molecule has 0 atom stereocenters. The lowest BCUT2D eigenvalue weighted by molar-refractivity contribution is -0.123. The van der Waals surface area contributed by atoms with E-state index in [0.29, 0.717) is 19.1 Å². The molecule has 0 spiro atoms. The van der Waals surface area contributed by atoms with E-state index < -0.39 is 18.6 Å². The van der Waals surface area contributed by atoms with Gasteiger partial charge in [-0.1, -0.05) is 24.3 Å². The van der Waals surface area contributed by atoms with E-state index in [1.807, 2.05) is 11.4 Å². The molecular formula is C20H20F4N2O. The summed E-state index contributed by atoms with van der Waals surface area (Å²) < 4.78 is 49.9. The summed E-state index contributed by atoms with van der Waals surface area (Å²) in [4.78, 5) is 14.0. The standard InChI is InChI=1S/C20H20F4N2O/c21-17-3-1-2-15(10-17)12-26(18-8-9-18)11-14-4-6-16(7-5-14)19(27)25-13-20(22,23)24/h1-7,10,18H,8-9,11-13H2,(H,25,27). The maximum atomic E-state index is 13.4. The van der Waals surface area contributed by atoms with Crippen molar-refractivity contribution in [3.05, 3.63) is 71.0 Å². The average Bonchev–Trinajstić information content (AvgIpc) is 3.44. The molecule has 0 aliphatic heterocycles. The molecule has 0 aromatic heterocycles. The Kier molecular flexibility index (Phi) is 5.79. The Morgan fingerprint density at radius 3 is 2.30 bits per heavy atom. The Balaban J connectivity index is 1.61. The van der Waals surface area contributed by atoms with Crippen molar-refractivity contribution in [2.24, 2.45) is 0 Å². The second-order valence-corrected chi connectivity index (χ2v) is 6.76. The van der Waals surface area contributed by atoms with Crippen molar-refractivity contribution in [3.8, 4) is 0 Å². The molecule has 1 fully saturated rings. The molecule has 0 saturated heterocycles. The van der Waals surface area contributed by atoms with Crippen LogP contribution in [0.1, 0.15) is 34.3 Å². The SMILES string of the molecule is O=C(NCC(F)(F)F)c1ccc(CN(Cc2cccc(F)c2)C2CC2)cc1. The first-order chi connectivity index (χ1) is 12.8. The van der Waals surface area contributed by atoms with Gasteiger partial charge in [-0.25, -0.2) is 4.39 Å². The van der Waals surface area contributed by atoms with Crippen LogP contribution in [-0.4, -0.2) is 29.6 Å². The van der Waals surface area contributed by atoms with E-state index in [1.54, 1.807) is 18.2 Å². The Hall–Kier alpha value is -2.41. The Bertz CT molecular complexity index is 785. The molecule has 2 aromatic rings. The summed E-state index contributed by atoms with van der Waals surface area (Å²) in [5.74, 6) is -1.02. The number of hydrogen-bond donors (Lipinski definition) is 1.